The largest absolute Gasteiger partial charge is 0.381 e. The van der Waals surface area contributed by atoms with E-state index in [1.807, 2.05) is 0 Å². The van der Waals surface area contributed by atoms with E-state index in [0.29, 0.717) is 17.7 Å². The Morgan fingerprint density at radius 3 is 3.00 bits per heavy atom. The van der Waals surface area contributed by atoms with Crippen LogP contribution in [0.2, 0.25) is 0 Å². The lowest BCUT2D eigenvalue weighted by Crippen LogP contribution is -2.18. The number of fused-ring (bicyclic) bond motifs is 1. The van der Waals surface area contributed by atoms with Crippen LogP contribution >= 0.6 is 0 Å². The summed E-state index contributed by atoms with van der Waals surface area (Å²) in [5.41, 5.74) is 1.07. The van der Waals surface area contributed by atoms with Crippen LogP contribution < -0.4 is 5.32 Å². The lowest BCUT2D eigenvalue weighted by Gasteiger charge is -2.11. The van der Waals surface area contributed by atoms with Crippen molar-refractivity contribution >= 4 is 22.4 Å². The molecule has 0 aliphatic carbocycles. The normalized spacial score (nSPS) is 18.8. The van der Waals surface area contributed by atoms with Crippen LogP contribution in [0.1, 0.15) is 12.8 Å². The van der Waals surface area contributed by atoms with Crippen LogP contribution in [0.3, 0.4) is 0 Å². The zero-order chi connectivity index (χ0) is 13.2. The fraction of sp³-hybridized carbons (Fsp3) is 0.455. The van der Waals surface area contributed by atoms with Crippen LogP contribution in [0, 0.1) is 10.1 Å². The molecule has 1 atom stereocenters. The Morgan fingerprint density at radius 1 is 1.42 bits per heavy atom. The van der Waals surface area contributed by atoms with E-state index in [4.69, 9.17) is 4.74 Å². The third-order valence-electron chi connectivity index (χ3n) is 3.14. The van der Waals surface area contributed by atoms with Gasteiger partial charge in [0, 0.05) is 19.2 Å². The third-order valence-corrected chi connectivity index (χ3v) is 3.14. The van der Waals surface area contributed by atoms with Gasteiger partial charge in [0.15, 0.2) is 5.52 Å². The summed E-state index contributed by atoms with van der Waals surface area (Å²) in [5, 5.41) is 21.3. The van der Waals surface area contributed by atoms with Crippen molar-refractivity contribution in [3.8, 4) is 0 Å². The van der Waals surface area contributed by atoms with Gasteiger partial charge in [-0.25, -0.2) is 4.63 Å². The number of nitrogens with one attached hydrogen (secondary N) is 1. The van der Waals surface area contributed by atoms with E-state index in [2.05, 4.69) is 20.3 Å². The first-order valence-electron chi connectivity index (χ1n) is 6.01. The van der Waals surface area contributed by atoms with Crippen LogP contribution in [0.5, 0.6) is 0 Å². The van der Waals surface area contributed by atoms with Crippen molar-refractivity contribution in [2.75, 3.05) is 18.5 Å². The predicted molar refractivity (Wildman–Crippen MR) is 65.9 cm³/mol. The van der Waals surface area contributed by atoms with Crippen molar-refractivity contribution in [2.45, 2.75) is 18.9 Å². The molecule has 1 aromatic heterocycles. The van der Waals surface area contributed by atoms with Gasteiger partial charge >= 0.3 is 5.69 Å². The summed E-state index contributed by atoms with van der Waals surface area (Å²) in [7, 11) is 0. The molecule has 2 aromatic rings. The number of aromatic nitrogens is 2. The fourth-order valence-electron chi connectivity index (χ4n) is 2.17. The predicted octanol–water partition coefficient (Wildman–Crippen LogP) is 1.72. The van der Waals surface area contributed by atoms with Gasteiger partial charge in [0.05, 0.1) is 16.7 Å². The standard InChI is InChI=1S/C11H12N4O4/c16-15(17)9-4-3-8(10-11(9)14-19-13-10)12-6-7-2-1-5-18-7/h3-4,7,12H,1-2,5-6H2/t7-/m0/s1. The summed E-state index contributed by atoms with van der Waals surface area (Å²) in [6.45, 7) is 1.42. The summed E-state index contributed by atoms with van der Waals surface area (Å²) < 4.78 is 10.1. The van der Waals surface area contributed by atoms with Crippen molar-refractivity contribution in [1.82, 2.24) is 10.3 Å². The van der Waals surface area contributed by atoms with Crippen LogP contribution in [-0.4, -0.2) is 34.5 Å². The van der Waals surface area contributed by atoms with Gasteiger partial charge in [-0.2, -0.15) is 0 Å². The Kier molecular flexibility index (Phi) is 3.00. The molecule has 3 rings (SSSR count). The lowest BCUT2D eigenvalue weighted by atomic mass is 10.2. The molecule has 1 N–H and O–H groups in total. The van der Waals surface area contributed by atoms with Gasteiger partial charge in [0.25, 0.3) is 0 Å². The minimum atomic E-state index is -0.504. The molecule has 19 heavy (non-hydrogen) atoms. The van der Waals surface area contributed by atoms with Gasteiger partial charge in [-0.3, -0.25) is 10.1 Å². The molecule has 1 saturated heterocycles. The molecule has 0 spiro atoms. The topological polar surface area (TPSA) is 103 Å². The summed E-state index contributed by atoms with van der Waals surface area (Å²) in [5.74, 6) is 0. The van der Waals surface area contributed by atoms with E-state index in [1.165, 1.54) is 6.07 Å². The Bertz CT molecular complexity index is 606. The number of hydrogen-bond acceptors (Lipinski definition) is 7. The minimum Gasteiger partial charge on any atom is -0.381 e. The molecule has 1 aliphatic rings. The van der Waals surface area contributed by atoms with Crippen molar-refractivity contribution in [3.05, 3.63) is 22.2 Å². The SMILES string of the molecule is O=[N+]([O-])c1ccc(NC[C@@H]2CCCO2)c2nonc12. The Labute approximate surface area is 107 Å². The molecule has 0 radical (unpaired) electrons. The van der Waals surface area contributed by atoms with Crippen LogP contribution in [0.4, 0.5) is 11.4 Å². The number of nitrogens with zero attached hydrogens (tertiary/aromatic N) is 3. The van der Waals surface area contributed by atoms with Gasteiger partial charge in [-0.1, -0.05) is 0 Å². The molecule has 8 heteroatoms. The van der Waals surface area contributed by atoms with Gasteiger partial charge in [0.1, 0.15) is 0 Å². The first-order valence-corrected chi connectivity index (χ1v) is 6.01. The number of rotatable bonds is 4. The minimum absolute atomic E-state index is 0.112. The zero-order valence-corrected chi connectivity index (χ0v) is 10.0. The number of benzene rings is 1. The number of anilines is 1. The number of nitro benzene ring substituents is 1. The summed E-state index contributed by atoms with van der Waals surface area (Å²) in [6.07, 6.45) is 2.25. The van der Waals surface area contributed by atoms with E-state index in [0.717, 1.165) is 19.4 Å². The molecule has 0 saturated carbocycles. The Morgan fingerprint density at radius 2 is 2.26 bits per heavy atom. The smallest absolute Gasteiger partial charge is 0.300 e. The first kappa shape index (κ1) is 11.8. The second-order valence-corrected chi connectivity index (χ2v) is 4.37. The highest BCUT2D eigenvalue weighted by molar-refractivity contribution is 5.93. The zero-order valence-electron chi connectivity index (χ0n) is 10.0. The molecular weight excluding hydrogens is 252 g/mol. The molecule has 2 heterocycles. The lowest BCUT2D eigenvalue weighted by molar-refractivity contribution is -0.383. The molecule has 1 aromatic carbocycles. The Balaban J connectivity index is 1.85. The maximum absolute atomic E-state index is 10.8. The number of non-ortho nitro benzene ring substituents is 1. The average Bonchev–Trinajstić information content (AvgIpc) is 3.06. The second-order valence-electron chi connectivity index (χ2n) is 4.37. The number of ether oxygens (including phenoxy) is 1. The number of nitro groups is 1. The highest BCUT2D eigenvalue weighted by Gasteiger charge is 2.21. The van der Waals surface area contributed by atoms with E-state index in [1.54, 1.807) is 6.07 Å². The monoisotopic (exact) mass is 264 g/mol. The van der Waals surface area contributed by atoms with Gasteiger partial charge in [-0.05, 0) is 29.2 Å². The molecule has 1 fully saturated rings. The molecule has 0 bridgehead atoms. The van der Waals surface area contributed by atoms with Crippen molar-refractivity contribution in [1.29, 1.82) is 0 Å². The highest BCUT2D eigenvalue weighted by Crippen LogP contribution is 2.28. The molecular formula is C11H12N4O4. The van der Waals surface area contributed by atoms with Crippen LogP contribution in [0.15, 0.2) is 16.8 Å². The van der Waals surface area contributed by atoms with Crippen LogP contribution in [-0.2, 0) is 4.74 Å². The molecule has 0 amide bonds. The quantitative estimate of drug-likeness (QED) is 0.662. The van der Waals surface area contributed by atoms with Gasteiger partial charge < -0.3 is 10.1 Å². The number of hydrogen-bond donors (Lipinski definition) is 1. The van der Waals surface area contributed by atoms with E-state index in [9.17, 15) is 10.1 Å². The van der Waals surface area contributed by atoms with Gasteiger partial charge in [0.2, 0.25) is 5.52 Å². The average molecular weight is 264 g/mol. The third kappa shape index (κ3) is 2.22. The van der Waals surface area contributed by atoms with E-state index in [-0.39, 0.29) is 17.3 Å². The highest BCUT2D eigenvalue weighted by atomic mass is 16.6. The second kappa shape index (κ2) is 4.81. The first-order chi connectivity index (χ1) is 9.25. The van der Waals surface area contributed by atoms with Crippen LogP contribution in [0.25, 0.3) is 11.0 Å². The summed E-state index contributed by atoms with van der Waals surface area (Å²) in [4.78, 5) is 10.3. The summed E-state index contributed by atoms with van der Waals surface area (Å²) in [6, 6.07) is 3.00. The molecule has 100 valence electrons. The maximum atomic E-state index is 10.8. The van der Waals surface area contributed by atoms with E-state index < -0.39 is 4.92 Å². The molecule has 1 aliphatic heterocycles. The van der Waals surface area contributed by atoms with Crippen molar-refractivity contribution in [3.63, 3.8) is 0 Å². The Hall–Kier alpha value is -2.22. The van der Waals surface area contributed by atoms with Gasteiger partial charge in [-0.15, -0.1) is 0 Å². The molecule has 8 nitrogen and oxygen atoms in total. The van der Waals surface area contributed by atoms with E-state index >= 15 is 0 Å². The van der Waals surface area contributed by atoms with Crippen molar-refractivity contribution < 1.29 is 14.3 Å². The fourth-order valence-corrected chi connectivity index (χ4v) is 2.17. The maximum Gasteiger partial charge on any atom is 0.300 e. The van der Waals surface area contributed by atoms with Crippen molar-refractivity contribution in [2.24, 2.45) is 0 Å². The molecule has 0 unspecified atom stereocenters. The summed E-state index contributed by atoms with van der Waals surface area (Å²) >= 11 is 0.